The highest BCUT2D eigenvalue weighted by atomic mass is 16.7. The van der Waals surface area contributed by atoms with E-state index in [9.17, 15) is 14.9 Å². The summed E-state index contributed by atoms with van der Waals surface area (Å²) in [7, 11) is 1.49. The molecule has 3 N–H and O–H groups in total. The summed E-state index contributed by atoms with van der Waals surface area (Å²) in [6.45, 7) is 0.0656. The van der Waals surface area contributed by atoms with E-state index in [0.717, 1.165) is 22.4 Å². The fraction of sp³-hybridized carbons (Fsp3) is 0.185. The molecule has 0 saturated carbocycles. The molecule has 0 fully saturated rings. The lowest BCUT2D eigenvalue weighted by Gasteiger charge is -2.20. The summed E-state index contributed by atoms with van der Waals surface area (Å²) in [5, 5.41) is 16.0. The molecule has 12 nitrogen and oxygen atoms in total. The van der Waals surface area contributed by atoms with Crippen LogP contribution in [0.4, 0.5) is 11.4 Å². The van der Waals surface area contributed by atoms with Crippen molar-refractivity contribution < 1.29 is 28.8 Å². The van der Waals surface area contributed by atoms with Crippen molar-refractivity contribution in [3.05, 3.63) is 87.1 Å². The number of aromatic nitrogens is 2. The Hall–Kier alpha value is -5.10. The van der Waals surface area contributed by atoms with E-state index in [2.05, 4.69) is 10.6 Å². The molecule has 0 radical (unpaired) electrons. The highest BCUT2D eigenvalue weighted by Crippen LogP contribution is 2.40. The van der Waals surface area contributed by atoms with Crippen LogP contribution in [0, 0.1) is 10.1 Å². The maximum absolute atomic E-state index is 12.3. The van der Waals surface area contributed by atoms with Crippen LogP contribution in [0.5, 0.6) is 17.2 Å². The lowest BCUT2D eigenvalue weighted by Crippen LogP contribution is -2.15. The predicted octanol–water partition coefficient (Wildman–Crippen LogP) is 3.93. The third-order valence-corrected chi connectivity index (χ3v) is 6.73. The average Bonchev–Trinajstić information content (AvgIpc) is 3.57. The van der Waals surface area contributed by atoms with Crippen LogP contribution in [0.2, 0.25) is 0 Å². The number of benzene rings is 3. The van der Waals surface area contributed by atoms with Gasteiger partial charge >= 0.3 is 0 Å². The molecule has 0 spiro atoms. The van der Waals surface area contributed by atoms with Gasteiger partial charge in [-0.1, -0.05) is 6.07 Å². The number of primary amides is 1. The van der Waals surface area contributed by atoms with Gasteiger partial charge in [-0.3, -0.25) is 25.2 Å². The minimum Gasteiger partial charge on any atom is -0.497 e. The van der Waals surface area contributed by atoms with E-state index in [1.165, 1.54) is 19.2 Å². The second kappa shape index (κ2) is 9.65. The third-order valence-electron chi connectivity index (χ3n) is 6.73. The number of nitrogens with two attached hydrogens (primary N) is 1. The lowest BCUT2D eigenvalue weighted by atomic mass is 9.88. The molecule has 0 saturated heterocycles. The fourth-order valence-electron chi connectivity index (χ4n) is 4.88. The minimum atomic E-state index is -0.605. The van der Waals surface area contributed by atoms with Crippen molar-refractivity contribution in [3.63, 3.8) is 0 Å². The summed E-state index contributed by atoms with van der Waals surface area (Å²) in [4.78, 5) is 28.9. The van der Waals surface area contributed by atoms with Crippen molar-refractivity contribution in [3.8, 4) is 34.2 Å². The number of nitrogens with zero attached hydrogens (tertiary/aromatic N) is 3. The number of rotatable bonds is 8. The van der Waals surface area contributed by atoms with E-state index in [1.54, 1.807) is 22.9 Å². The molecule has 0 unspecified atom stereocenters. The second-order valence-corrected chi connectivity index (χ2v) is 9.00. The third kappa shape index (κ3) is 4.36. The smallest absolute Gasteiger partial charge is 0.275 e. The highest BCUT2D eigenvalue weighted by Gasteiger charge is 2.29. The molecule has 0 atom stereocenters. The van der Waals surface area contributed by atoms with E-state index in [4.69, 9.17) is 24.8 Å². The Balaban J connectivity index is 1.33. The Morgan fingerprint density at radius 3 is 2.77 bits per heavy atom. The van der Waals surface area contributed by atoms with Crippen LogP contribution >= 0.6 is 0 Å². The maximum atomic E-state index is 12.3. The Labute approximate surface area is 222 Å². The summed E-state index contributed by atoms with van der Waals surface area (Å²) < 4.78 is 17.8. The van der Waals surface area contributed by atoms with E-state index in [1.807, 2.05) is 24.3 Å². The molecule has 2 aliphatic rings. The van der Waals surface area contributed by atoms with Crippen molar-refractivity contribution in [2.24, 2.45) is 5.73 Å². The van der Waals surface area contributed by atoms with Gasteiger partial charge in [-0.2, -0.15) is 5.10 Å². The Morgan fingerprint density at radius 2 is 1.97 bits per heavy atom. The van der Waals surface area contributed by atoms with Crippen molar-refractivity contribution >= 4 is 17.3 Å². The van der Waals surface area contributed by atoms with Crippen molar-refractivity contribution in [1.82, 2.24) is 9.78 Å². The first-order valence-corrected chi connectivity index (χ1v) is 12.1. The number of anilines is 1. The largest absolute Gasteiger partial charge is 0.497 e. The topological polar surface area (TPSA) is 153 Å². The molecule has 2 heterocycles. The SMILES string of the molecule is COc1ccc([N+](=O)[O-])c(CONc2ccc3c(c2)-c2c(c(C(N)=O)nn2-c2ccc4c(c2)OCO4)CC3)c1. The van der Waals surface area contributed by atoms with Crippen molar-refractivity contribution in [2.75, 3.05) is 19.4 Å². The molecule has 1 aliphatic heterocycles. The highest BCUT2D eigenvalue weighted by molar-refractivity contribution is 5.95. The van der Waals surface area contributed by atoms with Crippen LogP contribution in [0.15, 0.2) is 54.6 Å². The van der Waals surface area contributed by atoms with Gasteiger partial charge in [0.1, 0.15) is 12.4 Å². The number of aryl methyl sites for hydroxylation is 1. The van der Waals surface area contributed by atoms with Crippen LogP contribution in [-0.4, -0.2) is 34.5 Å². The standard InChI is InChI=1S/C27H23N5O7/c1-36-19-6-8-22(32(34)35)16(10-19)13-39-30-17-4-2-15-3-7-20-25(27(28)33)29-31(26(20)21(15)11-17)18-5-9-23-24(12-18)38-14-37-23/h2,4-6,8-12,30H,3,7,13-14H2,1H3,(H2,28,33). The molecule has 4 aromatic rings. The maximum Gasteiger partial charge on any atom is 0.275 e. The summed E-state index contributed by atoms with van der Waals surface area (Å²) in [6.07, 6.45) is 1.31. The molecule has 1 aliphatic carbocycles. The summed E-state index contributed by atoms with van der Waals surface area (Å²) in [5.74, 6) is 1.10. The van der Waals surface area contributed by atoms with Crippen molar-refractivity contribution in [1.29, 1.82) is 0 Å². The minimum absolute atomic E-state index is 0.0701. The van der Waals surface area contributed by atoms with Crippen LogP contribution < -0.4 is 25.4 Å². The number of ether oxygens (including phenoxy) is 3. The number of nitrogens with one attached hydrogen (secondary N) is 1. The number of nitro groups is 1. The molecular weight excluding hydrogens is 506 g/mol. The van der Waals surface area contributed by atoms with Gasteiger partial charge in [0.05, 0.1) is 34.7 Å². The van der Waals surface area contributed by atoms with Crippen LogP contribution in [0.3, 0.4) is 0 Å². The Bertz CT molecular complexity index is 1630. The molecule has 1 aromatic heterocycles. The zero-order valence-electron chi connectivity index (χ0n) is 20.8. The van der Waals surface area contributed by atoms with Gasteiger partial charge in [-0.05, 0) is 54.8 Å². The molecule has 3 aromatic carbocycles. The number of nitro benzene ring substituents is 1. The van der Waals surface area contributed by atoms with E-state index >= 15 is 0 Å². The normalized spacial score (nSPS) is 12.9. The Kier molecular flexibility index (Phi) is 6.00. The van der Waals surface area contributed by atoms with E-state index in [0.29, 0.717) is 47.0 Å². The molecule has 0 bridgehead atoms. The summed E-state index contributed by atoms with van der Waals surface area (Å²) >= 11 is 0. The zero-order chi connectivity index (χ0) is 27.1. The number of fused-ring (bicyclic) bond motifs is 4. The van der Waals surface area contributed by atoms with E-state index in [-0.39, 0.29) is 24.8 Å². The average molecular weight is 530 g/mol. The number of methoxy groups -OCH3 is 1. The van der Waals surface area contributed by atoms with Crippen LogP contribution in [-0.2, 0) is 24.3 Å². The fourth-order valence-corrected chi connectivity index (χ4v) is 4.88. The first-order chi connectivity index (χ1) is 18.9. The number of carbonyl (C=O) groups is 1. The lowest BCUT2D eigenvalue weighted by molar-refractivity contribution is -0.385. The summed E-state index contributed by atoms with van der Waals surface area (Å²) in [5.41, 5.74) is 13.8. The van der Waals surface area contributed by atoms with Gasteiger partial charge in [0.2, 0.25) is 6.79 Å². The zero-order valence-corrected chi connectivity index (χ0v) is 20.8. The number of amides is 1. The first kappa shape index (κ1) is 24.2. The van der Waals surface area contributed by atoms with Crippen LogP contribution in [0.1, 0.15) is 27.2 Å². The number of hydrogen-bond donors (Lipinski definition) is 2. The summed E-state index contributed by atoms with van der Waals surface area (Å²) in [6, 6.07) is 15.6. The van der Waals surface area contributed by atoms with Gasteiger partial charge in [0, 0.05) is 23.3 Å². The van der Waals surface area contributed by atoms with Gasteiger partial charge in [0.15, 0.2) is 17.2 Å². The quantitative estimate of drug-likeness (QED) is 0.255. The number of carbonyl (C=O) groups excluding carboxylic acids is 1. The van der Waals surface area contributed by atoms with Crippen LogP contribution in [0.25, 0.3) is 16.9 Å². The predicted molar refractivity (Wildman–Crippen MR) is 139 cm³/mol. The van der Waals surface area contributed by atoms with E-state index < -0.39 is 10.8 Å². The number of hydrogen-bond acceptors (Lipinski definition) is 9. The molecular formula is C27H23N5O7. The monoisotopic (exact) mass is 529 g/mol. The molecule has 1 amide bonds. The Morgan fingerprint density at radius 1 is 1.13 bits per heavy atom. The molecule has 6 rings (SSSR count). The molecule has 198 valence electrons. The van der Waals surface area contributed by atoms with Gasteiger partial charge in [-0.25, -0.2) is 4.68 Å². The van der Waals surface area contributed by atoms with Crippen molar-refractivity contribution in [2.45, 2.75) is 19.4 Å². The molecule has 12 heteroatoms. The van der Waals surface area contributed by atoms with Gasteiger partial charge < -0.3 is 19.9 Å². The first-order valence-electron chi connectivity index (χ1n) is 12.1. The molecule has 39 heavy (non-hydrogen) atoms. The second-order valence-electron chi connectivity index (χ2n) is 9.00. The van der Waals surface area contributed by atoms with Gasteiger partial charge in [-0.15, -0.1) is 0 Å². The van der Waals surface area contributed by atoms with Gasteiger partial charge in [0.25, 0.3) is 11.6 Å².